The van der Waals surface area contributed by atoms with Crippen LogP contribution in [0.15, 0.2) is 30.3 Å². The van der Waals surface area contributed by atoms with E-state index in [1.165, 1.54) is 0 Å². The Morgan fingerprint density at radius 3 is 2.18 bits per heavy atom. The highest BCUT2D eigenvalue weighted by molar-refractivity contribution is 5.82. The fourth-order valence-corrected chi connectivity index (χ4v) is 2.83. The van der Waals surface area contributed by atoms with Crippen LogP contribution in [0.25, 0.3) is 0 Å². The van der Waals surface area contributed by atoms with Crippen molar-refractivity contribution in [3.63, 3.8) is 0 Å². The lowest BCUT2D eigenvalue weighted by Crippen LogP contribution is -2.49. The molecule has 0 heterocycles. The molecule has 0 aromatic heterocycles. The van der Waals surface area contributed by atoms with Crippen molar-refractivity contribution in [3.05, 3.63) is 35.9 Å². The number of rotatable bonds is 5. The first-order valence-corrected chi connectivity index (χ1v) is 7.64. The van der Waals surface area contributed by atoms with Crippen molar-refractivity contribution in [3.8, 4) is 0 Å². The quantitative estimate of drug-likeness (QED) is 0.657. The fraction of sp³-hybridized carbons (Fsp3) is 0.500. The van der Waals surface area contributed by atoms with Crippen LogP contribution in [0.4, 0.5) is 4.79 Å². The maximum absolute atomic E-state index is 12.1. The molecule has 0 spiro atoms. The number of benzene rings is 1. The molecule has 2 rings (SSSR count). The van der Waals surface area contributed by atoms with Crippen molar-refractivity contribution < 1.29 is 14.7 Å². The Labute approximate surface area is 130 Å². The van der Waals surface area contributed by atoms with Gasteiger partial charge in [0.15, 0.2) is 0 Å². The van der Waals surface area contributed by atoms with Gasteiger partial charge in [-0.3, -0.25) is 4.79 Å². The molecule has 0 saturated heterocycles. The number of carbonyl (C=O) groups excluding carboxylic acids is 1. The summed E-state index contributed by atoms with van der Waals surface area (Å²) in [5.74, 6) is -0.140. The standard InChI is InChI=1S/C16H23N3O3/c17-14(10-11-4-2-1-3-5-11)15(20)18-12-6-8-13(9-7-12)19-16(21)22/h1-5,12-14,19H,6-10,17H2,(H,18,20)(H,21,22)/t12-,13-,14-/m0/s1. The van der Waals surface area contributed by atoms with Crippen molar-refractivity contribution in [2.75, 3.05) is 0 Å². The summed E-state index contributed by atoms with van der Waals surface area (Å²) in [7, 11) is 0. The van der Waals surface area contributed by atoms with E-state index in [1.807, 2.05) is 30.3 Å². The highest BCUT2D eigenvalue weighted by Gasteiger charge is 2.25. The van der Waals surface area contributed by atoms with Crippen LogP contribution in [0.1, 0.15) is 31.2 Å². The van der Waals surface area contributed by atoms with Crippen molar-refractivity contribution >= 4 is 12.0 Å². The summed E-state index contributed by atoms with van der Waals surface area (Å²) in [5.41, 5.74) is 7.00. The molecular weight excluding hydrogens is 282 g/mol. The molecule has 5 N–H and O–H groups in total. The number of hydrogen-bond donors (Lipinski definition) is 4. The molecule has 0 unspecified atom stereocenters. The van der Waals surface area contributed by atoms with Gasteiger partial charge in [0.2, 0.25) is 5.91 Å². The Morgan fingerprint density at radius 2 is 1.64 bits per heavy atom. The third kappa shape index (κ3) is 5.04. The number of carbonyl (C=O) groups is 2. The van der Waals surface area contributed by atoms with Gasteiger partial charge in [-0.15, -0.1) is 0 Å². The summed E-state index contributed by atoms with van der Waals surface area (Å²) >= 11 is 0. The van der Waals surface area contributed by atoms with Gasteiger partial charge in [0.25, 0.3) is 0 Å². The predicted molar refractivity (Wildman–Crippen MR) is 83.5 cm³/mol. The van der Waals surface area contributed by atoms with Gasteiger partial charge in [-0.1, -0.05) is 30.3 Å². The van der Waals surface area contributed by atoms with Crippen LogP contribution in [0.5, 0.6) is 0 Å². The van der Waals surface area contributed by atoms with Gasteiger partial charge >= 0.3 is 6.09 Å². The number of nitrogens with two attached hydrogens (primary N) is 1. The van der Waals surface area contributed by atoms with Gasteiger partial charge in [0.1, 0.15) is 0 Å². The third-order valence-corrected chi connectivity index (χ3v) is 4.04. The summed E-state index contributed by atoms with van der Waals surface area (Å²) in [6.45, 7) is 0. The van der Waals surface area contributed by atoms with E-state index in [2.05, 4.69) is 10.6 Å². The van der Waals surface area contributed by atoms with Gasteiger partial charge < -0.3 is 21.5 Å². The van der Waals surface area contributed by atoms with Gasteiger partial charge in [-0.05, 0) is 37.7 Å². The van der Waals surface area contributed by atoms with Gasteiger partial charge in [0, 0.05) is 12.1 Å². The molecule has 1 aliphatic rings. The monoisotopic (exact) mass is 305 g/mol. The van der Waals surface area contributed by atoms with E-state index in [0.29, 0.717) is 6.42 Å². The van der Waals surface area contributed by atoms with Gasteiger partial charge in [-0.2, -0.15) is 0 Å². The normalized spacial score (nSPS) is 22.6. The average molecular weight is 305 g/mol. The molecule has 1 aromatic carbocycles. The van der Waals surface area contributed by atoms with Crippen LogP contribution in [-0.4, -0.2) is 35.2 Å². The van der Waals surface area contributed by atoms with Crippen LogP contribution in [0.3, 0.4) is 0 Å². The Hall–Kier alpha value is -2.08. The largest absolute Gasteiger partial charge is 0.465 e. The Bertz CT molecular complexity index is 499. The molecule has 2 amide bonds. The van der Waals surface area contributed by atoms with Crippen LogP contribution < -0.4 is 16.4 Å². The highest BCUT2D eigenvalue weighted by Crippen LogP contribution is 2.18. The Balaban J connectivity index is 1.74. The second-order valence-electron chi connectivity index (χ2n) is 5.80. The molecule has 1 aliphatic carbocycles. The zero-order valence-electron chi connectivity index (χ0n) is 12.5. The van der Waals surface area contributed by atoms with Crippen LogP contribution in [0.2, 0.25) is 0 Å². The summed E-state index contributed by atoms with van der Waals surface area (Å²) < 4.78 is 0. The molecule has 22 heavy (non-hydrogen) atoms. The molecular formula is C16H23N3O3. The summed E-state index contributed by atoms with van der Waals surface area (Å²) in [4.78, 5) is 22.7. The van der Waals surface area contributed by atoms with E-state index in [-0.39, 0.29) is 18.0 Å². The van der Waals surface area contributed by atoms with Crippen LogP contribution >= 0.6 is 0 Å². The van der Waals surface area contributed by atoms with Crippen LogP contribution in [-0.2, 0) is 11.2 Å². The van der Waals surface area contributed by atoms with Crippen molar-refractivity contribution in [2.24, 2.45) is 5.73 Å². The minimum absolute atomic E-state index is 0.0105. The first kappa shape index (κ1) is 16.3. The summed E-state index contributed by atoms with van der Waals surface area (Å²) in [6.07, 6.45) is 2.56. The second-order valence-corrected chi connectivity index (χ2v) is 5.80. The molecule has 1 saturated carbocycles. The molecule has 1 fully saturated rings. The van der Waals surface area contributed by atoms with Crippen molar-refractivity contribution in [1.29, 1.82) is 0 Å². The molecule has 0 aliphatic heterocycles. The molecule has 6 nitrogen and oxygen atoms in total. The number of amides is 2. The maximum atomic E-state index is 12.1. The average Bonchev–Trinajstić information content (AvgIpc) is 2.49. The van der Waals surface area contributed by atoms with Crippen LogP contribution in [0, 0.1) is 0 Å². The maximum Gasteiger partial charge on any atom is 0.404 e. The molecule has 6 heteroatoms. The van der Waals surface area contributed by atoms with E-state index in [1.54, 1.807) is 0 Å². The molecule has 120 valence electrons. The summed E-state index contributed by atoms with van der Waals surface area (Å²) in [6, 6.07) is 9.21. The zero-order valence-corrected chi connectivity index (χ0v) is 12.5. The lowest BCUT2D eigenvalue weighted by molar-refractivity contribution is -0.123. The molecule has 1 aromatic rings. The Kier molecular flexibility index (Phi) is 5.77. The van der Waals surface area contributed by atoms with E-state index >= 15 is 0 Å². The number of carboxylic acid groups (broad SMARTS) is 1. The molecule has 0 radical (unpaired) electrons. The summed E-state index contributed by atoms with van der Waals surface area (Å²) in [5, 5.41) is 14.2. The first-order valence-electron chi connectivity index (χ1n) is 7.64. The number of hydrogen-bond acceptors (Lipinski definition) is 3. The molecule has 0 bridgehead atoms. The van der Waals surface area contributed by atoms with E-state index < -0.39 is 12.1 Å². The fourth-order valence-electron chi connectivity index (χ4n) is 2.83. The van der Waals surface area contributed by atoms with Gasteiger partial charge in [-0.25, -0.2) is 4.79 Å². The third-order valence-electron chi connectivity index (χ3n) is 4.04. The first-order chi connectivity index (χ1) is 10.5. The van der Waals surface area contributed by atoms with Crippen molar-refractivity contribution in [2.45, 2.75) is 50.2 Å². The van der Waals surface area contributed by atoms with E-state index in [9.17, 15) is 9.59 Å². The lowest BCUT2D eigenvalue weighted by Gasteiger charge is -2.29. The second kappa shape index (κ2) is 7.79. The number of nitrogens with one attached hydrogen (secondary N) is 2. The smallest absolute Gasteiger partial charge is 0.404 e. The predicted octanol–water partition coefficient (Wildman–Crippen LogP) is 1.25. The van der Waals surface area contributed by atoms with Gasteiger partial charge in [0.05, 0.1) is 6.04 Å². The topological polar surface area (TPSA) is 104 Å². The molecule has 1 atom stereocenters. The SMILES string of the molecule is N[C@@H](Cc1ccccc1)C(=O)N[C@H]1CC[C@H](NC(=O)O)CC1. The minimum atomic E-state index is -0.989. The lowest BCUT2D eigenvalue weighted by atomic mass is 9.91. The zero-order chi connectivity index (χ0) is 15.9. The Morgan fingerprint density at radius 1 is 1.09 bits per heavy atom. The highest BCUT2D eigenvalue weighted by atomic mass is 16.4. The minimum Gasteiger partial charge on any atom is -0.465 e. The van der Waals surface area contributed by atoms with Crippen molar-refractivity contribution in [1.82, 2.24) is 10.6 Å². The van der Waals surface area contributed by atoms with E-state index in [0.717, 1.165) is 31.2 Å². The van der Waals surface area contributed by atoms with E-state index in [4.69, 9.17) is 10.8 Å².